The van der Waals surface area contributed by atoms with E-state index in [4.69, 9.17) is 9.84 Å². The summed E-state index contributed by atoms with van der Waals surface area (Å²) in [5, 5.41) is 11.8. The Balaban J connectivity index is 1.36. The lowest BCUT2D eigenvalue weighted by Crippen LogP contribution is -2.40. The number of amides is 2. The van der Waals surface area contributed by atoms with Crippen molar-refractivity contribution in [3.63, 3.8) is 0 Å². The van der Waals surface area contributed by atoms with Crippen LogP contribution in [0.4, 0.5) is 4.79 Å². The highest BCUT2D eigenvalue weighted by molar-refractivity contribution is 5.96. The van der Waals surface area contributed by atoms with E-state index in [-0.39, 0.29) is 24.6 Å². The number of carbonyl (C=O) groups is 3. The van der Waals surface area contributed by atoms with Crippen molar-refractivity contribution >= 4 is 18.0 Å². The van der Waals surface area contributed by atoms with E-state index in [0.717, 1.165) is 27.2 Å². The van der Waals surface area contributed by atoms with Gasteiger partial charge in [0.1, 0.15) is 12.6 Å². The minimum absolute atomic E-state index is 0.0380. The molecule has 1 aliphatic carbocycles. The van der Waals surface area contributed by atoms with Gasteiger partial charge in [0.2, 0.25) is 0 Å². The minimum atomic E-state index is -1.10. The normalized spacial score (nSPS) is 12.9. The van der Waals surface area contributed by atoms with Gasteiger partial charge >= 0.3 is 12.1 Å². The fraction of sp³-hybridized carbons (Fsp3) is 0.231. The molecule has 0 saturated heterocycles. The zero-order valence-electron chi connectivity index (χ0n) is 18.9. The summed E-state index contributed by atoms with van der Waals surface area (Å²) in [6.45, 7) is 1.70. The van der Waals surface area contributed by atoms with Gasteiger partial charge in [0.05, 0.1) is 12.2 Å². The molecule has 0 saturated carbocycles. The van der Waals surface area contributed by atoms with E-state index in [1.165, 1.54) is 32.3 Å². The number of ether oxygens (including phenoxy) is 1. The molecule has 174 valence electrons. The quantitative estimate of drug-likeness (QED) is 0.558. The predicted octanol–water partition coefficient (Wildman–Crippen LogP) is 3.67. The van der Waals surface area contributed by atoms with Crippen LogP contribution < -0.4 is 5.32 Å². The van der Waals surface area contributed by atoms with Gasteiger partial charge < -0.3 is 20.1 Å². The summed E-state index contributed by atoms with van der Waals surface area (Å²) in [6, 6.07) is 18.3. The van der Waals surface area contributed by atoms with Gasteiger partial charge in [-0.1, -0.05) is 48.5 Å². The second-order valence-corrected chi connectivity index (χ2v) is 8.15. The Morgan fingerprint density at radius 1 is 1.06 bits per heavy atom. The fourth-order valence-electron chi connectivity index (χ4n) is 4.07. The summed E-state index contributed by atoms with van der Waals surface area (Å²) in [7, 11) is 1.43. The molecule has 2 aromatic carbocycles. The Kier molecular flexibility index (Phi) is 6.58. The van der Waals surface area contributed by atoms with Gasteiger partial charge in [-0.05, 0) is 41.3 Å². The highest BCUT2D eigenvalue weighted by atomic mass is 16.5. The molecule has 0 fully saturated rings. The molecule has 0 radical (unpaired) electrons. The molecule has 1 atom stereocenters. The van der Waals surface area contributed by atoms with Crippen molar-refractivity contribution in [1.82, 2.24) is 15.2 Å². The highest BCUT2D eigenvalue weighted by Crippen LogP contribution is 2.44. The number of nitrogens with one attached hydrogen (secondary N) is 1. The SMILES string of the molecule is CC(C(=O)O)N(C)C(=O)c1ccnc(CNC(=O)OCC2c3ccccc3-c3ccccc32)c1. The number of fused-ring (bicyclic) bond motifs is 3. The van der Waals surface area contributed by atoms with Crippen LogP contribution in [0.3, 0.4) is 0 Å². The molecular formula is C26H25N3O5. The van der Waals surface area contributed by atoms with Crippen LogP contribution in [-0.2, 0) is 16.1 Å². The zero-order chi connectivity index (χ0) is 24.2. The standard InChI is InChI=1S/C26H25N3O5/c1-16(25(31)32)29(2)24(30)17-11-12-27-18(13-17)14-28-26(33)34-15-23-21-9-5-3-7-19(21)20-8-4-6-10-22(20)23/h3-13,16,23H,14-15H2,1-2H3,(H,28,33)(H,31,32). The third-order valence-electron chi connectivity index (χ3n) is 6.08. The molecule has 1 unspecified atom stereocenters. The Bertz CT molecular complexity index is 1200. The van der Waals surface area contributed by atoms with E-state index in [0.29, 0.717) is 5.69 Å². The number of pyridine rings is 1. The third-order valence-corrected chi connectivity index (χ3v) is 6.08. The number of alkyl carbamates (subject to hydrolysis) is 1. The average molecular weight is 460 g/mol. The number of carbonyl (C=O) groups excluding carboxylic acids is 2. The van der Waals surface area contributed by atoms with Crippen molar-refractivity contribution in [3.8, 4) is 11.1 Å². The van der Waals surface area contributed by atoms with Crippen molar-refractivity contribution in [2.24, 2.45) is 0 Å². The van der Waals surface area contributed by atoms with Gasteiger partial charge in [0, 0.05) is 24.7 Å². The average Bonchev–Trinajstić information content (AvgIpc) is 3.18. The van der Waals surface area contributed by atoms with Crippen LogP contribution in [0.1, 0.15) is 40.0 Å². The van der Waals surface area contributed by atoms with Gasteiger partial charge in [0.25, 0.3) is 5.91 Å². The molecule has 1 aliphatic rings. The van der Waals surface area contributed by atoms with Crippen LogP contribution in [0.2, 0.25) is 0 Å². The van der Waals surface area contributed by atoms with Crippen LogP contribution >= 0.6 is 0 Å². The van der Waals surface area contributed by atoms with E-state index in [2.05, 4.69) is 34.6 Å². The number of rotatable bonds is 7. The first-order chi connectivity index (χ1) is 16.4. The van der Waals surface area contributed by atoms with Gasteiger partial charge in [0.15, 0.2) is 0 Å². The minimum Gasteiger partial charge on any atom is -0.480 e. The summed E-state index contributed by atoms with van der Waals surface area (Å²) < 4.78 is 5.52. The van der Waals surface area contributed by atoms with Crippen molar-refractivity contribution in [2.45, 2.75) is 25.4 Å². The monoisotopic (exact) mass is 459 g/mol. The van der Waals surface area contributed by atoms with Gasteiger partial charge in [-0.15, -0.1) is 0 Å². The molecular weight excluding hydrogens is 434 g/mol. The lowest BCUT2D eigenvalue weighted by molar-refractivity contribution is -0.141. The molecule has 0 aliphatic heterocycles. The lowest BCUT2D eigenvalue weighted by atomic mass is 9.98. The zero-order valence-corrected chi connectivity index (χ0v) is 18.9. The Labute approximate surface area is 197 Å². The van der Waals surface area contributed by atoms with E-state index in [1.54, 1.807) is 0 Å². The highest BCUT2D eigenvalue weighted by Gasteiger charge is 2.29. The largest absolute Gasteiger partial charge is 0.480 e. The van der Waals surface area contributed by atoms with E-state index in [9.17, 15) is 14.4 Å². The molecule has 34 heavy (non-hydrogen) atoms. The number of benzene rings is 2. The Morgan fingerprint density at radius 3 is 2.29 bits per heavy atom. The van der Waals surface area contributed by atoms with Crippen molar-refractivity contribution in [1.29, 1.82) is 0 Å². The molecule has 2 amide bonds. The number of likely N-dealkylation sites (N-methyl/N-ethyl adjacent to an activating group) is 1. The van der Waals surface area contributed by atoms with Crippen LogP contribution in [0.5, 0.6) is 0 Å². The van der Waals surface area contributed by atoms with Crippen LogP contribution in [0, 0.1) is 0 Å². The predicted molar refractivity (Wildman–Crippen MR) is 125 cm³/mol. The van der Waals surface area contributed by atoms with Crippen molar-refractivity contribution < 1.29 is 24.2 Å². The fourth-order valence-corrected chi connectivity index (χ4v) is 4.07. The van der Waals surface area contributed by atoms with E-state index in [1.807, 2.05) is 24.3 Å². The third kappa shape index (κ3) is 4.61. The number of carboxylic acid groups (broad SMARTS) is 1. The lowest BCUT2D eigenvalue weighted by Gasteiger charge is -2.21. The number of aliphatic carboxylic acids is 1. The summed E-state index contributed by atoms with van der Waals surface area (Å²) in [5.41, 5.74) is 5.30. The van der Waals surface area contributed by atoms with Gasteiger partial charge in [-0.2, -0.15) is 0 Å². The second-order valence-electron chi connectivity index (χ2n) is 8.15. The maximum Gasteiger partial charge on any atom is 0.407 e. The molecule has 4 rings (SSSR count). The molecule has 8 nitrogen and oxygen atoms in total. The van der Waals surface area contributed by atoms with Crippen LogP contribution in [-0.4, -0.2) is 52.7 Å². The maximum absolute atomic E-state index is 12.6. The first kappa shape index (κ1) is 23.0. The first-order valence-electron chi connectivity index (χ1n) is 10.9. The van der Waals surface area contributed by atoms with E-state index < -0.39 is 24.0 Å². The topological polar surface area (TPSA) is 109 Å². The van der Waals surface area contributed by atoms with E-state index >= 15 is 0 Å². The number of aromatic nitrogens is 1. The van der Waals surface area contributed by atoms with Crippen molar-refractivity contribution in [2.75, 3.05) is 13.7 Å². The molecule has 3 aromatic rings. The number of carboxylic acids is 1. The summed E-state index contributed by atoms with van der Waals surface area (Å²) in [4.78, 5) is 41.4. The number of nitrogens with zero attached hydrogens (tertiary/aromatic N) is 2. The Morgan fingerprint density at radius 2 is 1.68 bits per heavy atom. The molecule has 2 N–H and O–H groups in total. The molecule has 1 aromatic heterocycles. The summed E-state index contributed by atoms with van der Waals surface area (Å²) >= 11 is 0. The first-order valence-corrected chi connectivity index (χ1v) is 10.9. The van der Waals surface area contributed by atoms with Gasteiger partial charge in [-0.25, -0.2) is 9.59 Å². The Hall–Kier alpha value is -4.20. The summed E-state index contributed by atoms with van der Waals surface area (Å²) in [6.07, 6.45) is 0.860. The van der Waals surface area contributed by atoms with Crippen LogP contribution in [0.15, 0.2) is 66.9 Å². The number of hydrogen-bond acceptors (Lipinski definition) is 5. The molecule has 0 bridgehead atoms. The maximum atomic E-state index is 12.6. The van der Waals surface area contributed by atoms with Crippen molar-refractivity contribution in [3.05, 3.63) is 89.2 Å². The smallest absolute Gasteiger partial charge is 0.407 e. The van der Waals surface area contributed by atoms with Gasteiger partial charge in [-0.3, -0.25) is 9.78 Å². The summed E-state index contributed by atoms with van der Waals surface area (Å²) in [5.74, 6) is -1.58. The molecule has 1 heterocycles. The second kappa shape index (κ2) is 9.74. The molecule has 0 spiro atoms. The van der Waals surface area contributed by atoms with Crippen LogP contribution in [0.25, 0.3) is 11.1 Å². The molecule has 8 heteroatoms. The number of hydrogen-bond donors (Lipinski definition) is 2.